The Bertz CT molecular complexity index is 207. The van der Waals surface area contributed by atoms with E-state index in [1.165, 1.54) is 6.42 Å². The van der Waals surface area contributed by atoms with Crippen molar-refractivity contribution < 1.29 is 4.74 Å². The molecule has 3 heteroatoms. The third kappa shape index (κ3) is 2.02. The zero-order valence-electron chi connectivity index (χ0n) is 8.39. The van der Waals surface area contributed by atoms with Crippen LogP contribution in [0.5, 0.6) is 0 Å². The molecule has 0 saturated heterocycles. The van der Waals surface area contributed by atoms with Crippen LogP contribution in [-0.4, -0.2) is 18.8 Å². The molecule has 0 spiro atoms. The van der Waals surface area contributed by atoms with Gasteiger partial charge in [-0.05, 0) is 26.2 Å². The number of rotatable bonds is 4. The third-order valence-corrected chi connectivity index (χ3v) is 2.93. The van der Waals surface area contributed by atoms with Gasteiger partial charge < -0.3 is 4.74 Å². The summed E-state index contributed by atoms with van der Waals surface area (Å²) >= 11 is 0. The molecule has 0 heterocycles. The molecule has 1 aliphatic carbocycles. The van der Waals surface area contributed by atoms with Crippen molar-refractivity contribution in [2.45, 2.75) is 44.2 Å². The van der Waals surface area contributed by atoms with Gasteiger partial charge in [-0.3, -0.25) is 11.3 Å². The van der Waals surface area contributed by atoms with Gasteiger partial charge in [0.1, 0.15) is 0 Å². The summed E-state index contributed by atoms with van der Waals surface area (Å²) in [6.45, 7) is 1.84. The number of nitrogens with two attached hydrogens (primary N) is 1. The van der Waals surface area contributed by atoms with E-state index >= 15 is 0 Å². The standard InChI is InChI=1S/C10H18N2O/c1-3-4-6-9(12-11)10(13-2)7-5-8-10/h9,12H,5-8,11H2,1-2H3. The number of hydrogen-bond acceptors (Lipinski definition) is 3. The largest absolute Gasteiger partial charge is 0.377 e. The van der Waals surface area contributed by atoms with Crippen LogP contribution in [0.4, 0.5) is 0 Å². The van der Waals surface area contributed by atoms with Crippen molar-refractivity contribution in [1.82, 2.24) is 5.43 Å². The molecule has 0 radical (unpaired) electrons. The van der Waals surface area contributed by atoms with Gasteiger partial charge in [-0.2, -0.15) is 0 Å². The lowest BCUT2D eigenvalue weighted by Gasteiger charge is -2.45. The van der Waals surface area contributed by atoms with E-state index in [2.05, 4.69) is 17.3 Å². The highest BCUT2D eigenvalue weighted by molar-refractivity contribution is 5.06. The number of methoxy groups -OCH3 is 1. The van der Waals surface area contributed by atoms with Gasteiger partial charge in [0.25, 0.3) is 0 Å². The SMILES string of the molecule is CC#CCC(NN)C1(OC)CCC1. The first kappa shape index (κ1) is 10.5. The summed E-state index contributed by atoms with van der Waals surface area (Å²) in [5, 5.41) is 0. The Hall–Kier alpha value is -0.560. The molecule has 1 aliphatic rings. The predicted molar refractivity (Wildman–Crippen MR) is 52.8 cm³/mol. The number of hydrogen-bond donors (Lipinski definition) is 2. The van der Waals surface area contributed by atoms with Gasteiger partial charge in [0.05, 0.1) is 11.6 Å². The summed E-state index contributed by atoms with van der Waals surface area (Å²) in [7, 11) is 1.75. The highest BCUT2D eigenvalue weighted by Gasteiger charge is 2.43. The Kier molecular flexibility index (Phi) is 3.73. The van der Waals surface area contributed by atoms with Crippen molar-refractivity contribution in [3.63, 3.8) is 0 Å². The topological polar surface area (TPSA) is 47.3 Å². The van der Waals surface area contributed by atoms with E-state index in [9.17, 15) is 0 Å². The fourth-order valence-electron chi connectivity index (χ4n) is 1.82. The molecule has 1 fully saturated rings. The maximum absolute atomic E-state index is 5.51. The Morgan fingerprint density at radius 2 is 2.31 bits per heavy atom. The van der Waals surface area contributed by atoms with Gasteiger partial charge in [-0.1, -0.05) is 0 Å². The normalized spacial score (nSPS) is 21.2. The third-order valence-electron chi connectivity index (χ3n) is 2.93. The summed E-state index contributed by atoms with van der Waals surface area (Å²) in [4.78, 5) is 0. The van der Waals surface area contributed by atoms with E-state index in [4.69, 9.17) is 10.6 Å². The van der Waals surface area contributed by atoms with Crippen molar-refractivity contribution in [2.75, 3.05) is 7.11 Å². The average molecular weight is 182 g/mol. The fraction of sp³-hybridized carbons (Fsp3) is 0.800. The minimum atomic E-state index is -0.0569. The first-order chi connectivity index (χ1) is 6.29. The minimum Gasteiger partial charge on any atom is -0.377 e. The van der Waals surface area contributed by atoms with Crippen LogP contribution in [0.25, 0.3) is 0 Å². The Morgan fingerprint density at radius 1 is 1.62 bits per heavy atom. The van der Waals surface area contributed by atoms with Gasteiger partial charge in [-0.15, -0.1) is 11.8 Å². The summed E-state index contributed by atoms with van der Waals surface area (Å²) in [6, 6.07) is 0.165. The van der Waals surface area contributed by atoms with Crippen LogP contribution in [0.15, 0.2) is 0 Å². The van der Waals surface area contributed by atoms with E-state index in [1.807, 2.05) is 6.92 Å². The van der Waals surface area contributed by atoms with Crippen molar-refractivity contribution in [2.24, 2.45) is 5.84 Å². The van der Waals surface area contributed by atoms with Crippen molar-refractivity contribution in [3.8, 4) is 11.8 Å². The molecule has 0 aromatic carbocycles. The van der Waals surface area contributed by atoms with Crippen LogP contribution < -0.4 is 11.3 Å². The van der Waals surface area contributed by atoms with Crippen LogP contribution >= 0.6 is 0 Å². The molecule has 0 aromatic rings. The van der Waals surface area contributed by atoms with Gasteiger partial charge in [-0.25, -0.2) is 0 Å². The van der Waals surface area contributed by atoms with E-state index < -0.39 is 0 Å². The summed E-state index contributed by atoms with van der Waals surface area (Å²) in [5.74, 6) is 11.4. The predicted octanol–water partition coefficient (Wildman–Crippen LogP) is 0.801. The minimum absolute atomic E-state index is 0.0569. The molecule has 0 bridgehead atoms. The molecule has 0 aromatic heterocycles. The van der Waals surface area contributed by atoms with Crippen LogP contribution in [0.1, 0.15) is 32.6 Å². The lowest BCUT2D eigenvalue weighted by Crippen LogP contribution is -2.58. The number of nitrogens with one attached hydrogen (secondary N) is 1. The molecule has 13 heavy (non-hydrogen) atoms. The molecule has 1 rings (SSSR count). The summed E-state index contributed by atoms with van der Waals surface area (Å²) in [6.07, 6.45) is 4.17. The maximum atomic E-state index is 5.51. The van der Waals surface area contributed by atoms with Crippen LogP contribution in [0.3, 0.4) is 0 Å². The highest BCUT2D eigenvalue weighted by Crippen LogP contribution is 2.38. The van der Waals surface area contributed by atoms with Crippen LogP contribution in [0, 0.1) is 11.8 Å². The van der Waals surface area contributed by atoms with Gasteiger partial charge in [0, 0.05) is 13.5 Å². The lowest BCUT2D eigenvalue weighted by atomic mass is 9.73. The van der Waals surface area contributed by atoms with Gasteiger partial charge in [0.2, 0.25) is 0 Å². The van der Waals surface area contributed by atoms with E-state index in [0.717, 1.165) is 19.3 Å². The molecule has 1 atom stereocenters. The zero-order valence-corrected chi connectivity index (χ0v) is 8.39. The Morgan fingerprint density at radius 3 is 2.62 bits per heavy atom. The second-order valence-electron chi connectivity index (χ2n) is 3.47. The van der Waals surface area contributed by atoms with Gasteiger partial charge in [0.15, 0.2) is 0 Å². The smallest absolute Gasteiger partial charge is 0.0853 e. The first-order valence-corrected chi connectivity index (χ1v) is 4.70. The number of hydrazine groups is 1. The highest BCUT2D eigenvalue weighted by atomic mass is 16.5. The van der Waals surface area contributed by atoms with Crippen molar-refractivity contribution in [1.29, 1.82) is 0 Å². The molecule has 0 aliphatic heterocycles. The zero-order chi connectivity index (χ0) is 9.73. The second kappa shape index (κ2) is 4.61. The summed E-state index contributed by atoms with van der Waals surface area (Å²) < 4.78 is 5.51. The lowest BCUT2D eigenvalue weighted by molar-refractivity contribution is -0.0971. The molecular formula is C10H18N2O. The second-order valence-corrected chi connectivity index (χ2v) is 3.47. The maximum Gasteiger partial charge on any atom is 0.0853 e. The Balaban J connectivity index is 2.56. The average Bonchev–Trinajstić information content (AvgIpc) is 2.09. The molecule has 0 amide bonds. The van der Waals surface area contributed by atoms with Crippen LogP contribution in [-0.2, 0) is 4.74 Å². The van der Waals surface area contributed by atoms with E-state index in [-0.39, 0.29) is 11.6 Å². The quantitative estimate of drug-likeness (QED) is 0.384. The monoisotopic (exact) mass is 182 g/mol. The molecule has 1 unspecified atom stereocenters. The van der Waals surface area contributed by atoms with Gasteiger partial charge >= 0.3 is 0 Å². The first-order valence-electron chi connectivity index (χ1n) is 4.70. The van der Waals surface area contributed by atoms with E-state index in [0.29, 0.717) is 0 Å². The summed E-state index contributed by atoms with van der Waals surface area (Å²) in [5.41, 5.74) is 2.75. The van der Waals surface area contributed by atoms with Crippen molar-refractivity contribution in [3.05, 3.63) is 0 Å². The molecule has 1 saturated carbocycles. The van der Waals surface area contributed by atoms with E-state index in [1.54, 1.807) is 7.11 Å². The molecular weight excluding hydrogens is 164 g/mol. The molecule has 74 valence electrons. The molecule has 3 nitrogen and oxygen atoms in total. The van der Waals surface area contributed by atoms with Crippen LogP contribution in [0.2, 0.25) is 0 Å². The number of ether oxygens (including phenoxy) is 1. The fourth-order valence-corrected chi connectivity index (χ4v) is 1.82. The van der Waals surface area contributed by atoms with Crippen molar-refractivity contribution >= 4 is 0 Å². The Labute approximate surface area is 80.0 Å². The molecule has 3 N–H and O–H groups in total.